The van der Waals surface area contributed by atoms with Crippen molar-refractivity contribution in [3.63, 3.8) is 0 Å². The van der Waals surface area contributed by atoms with Gasteiger partial charge in [-0.15, -0.1) is 0 Å². The summed E-state index contributed by atoms with van der Waals surface area (Å²) in [7, 11) is -3.53. The van der Waals surface area contributed by atoms with Crippen LogP contribution in [0, 0.1) is 0 Å². The summed E-state index contributed by atoms with van der Waals surface area (Å²) in [5.41, 5.74) is 1.87. The van der Waals surface area contributed by atoms with Crippen molar-refractivity contribution in [3.05, 3.63) is 60.2 Å². The molecule has 0 atom stereocenters. The Morgan fingerprint density at radius 3 is 1.91 bits per heavy atom. The van der Waals surface area contributed by atoms with Crippen molar-refractivity contribution in [2.24, 2.45) is 0 Å². The molecule has 0 aliphatic carbocycles. The minimum absolute atomic E-state index is 0.280. The lowest BCUT2D eigenvalue weighted by Gasteiger charge is -2.37. The predicted molar refractivity (Wildman–Crippen MR) is 136 cm³/mol. The number of quaternary nitrogens is 1. The summed E-state index contributed by atoms with van der Waals surface area (Å²) in [5, 5.41) is 0. The van der Waals surface area contributed by atoms with Gasteiger partial charge in [-0.3, -0.25) is 4.72 Å². The second-order valence-corrected chi connectivity index (χ2v) is 10.6. The van der Waals surface area contributed by atoms with Gasteiger partial charge < -0.3 is 4.48 Å². The maximum Gasteiger partial charge on any atom is 0.261 e. The maximum atomic E-state index is 12.5. The van der Waals surface area contributed by atoms with Gasteiger partial charge in [-0.05, 0) is 75.8 Å². The van der Waals surface area contributed by atoms with Crippen molar-refractivity contribution in [1.29, 1.82) is 0 Å². The molecule has 0 spiro atoms. The molecule has 0 heterocycles. The van der Waals surface area contributed by atoms with E-state index in [-0.39, 0.29) is 4.90 Å². The lowest BCUT2D eigenvalue weighted by molar-refractivity contribution is -0.925. The van der Waals surface area contributed by atoms with E-state index in [0.29, 0.717) is 5.69 Å². The van der Waals surface area contributed by atoms with E-state index in [2.05, 4.69) is 25.5 Å². The van der Waals surface area contributed by atoms with Gasteiger partial charge >= 0.3 is 0 Å². The molecule has 2 aromatic carbocycles. The fourth-order valence-electron chi connectivity index (χ4n) is 4.35. The first-order valence-electron chi connectivity index (χ1n) is 12.5. The summed E-state index contributed by atoms with van der Waals surface area (Å²) in [5.74, 6) is 0. The molecule has 32 heavy (non-hydrogen) atoms. The van der Waals surface area contributed by atoms with Crippen molar-refractivity contribution in [2.45, 2.75) is 77.0 Å². The van der Waals surface area contributed by atoms with Gasteiger partial charge in [-0.2, -0.15) is 0 Å². The second kappa shape index (κ2) is 13.6. The Hall–Kier alpha value is -1.85. The van der Waals surface area contributed by atoms with E-state index >= 15 is 0 Å². The normalized spacial score (nSPS) is 12.1. The van der Waals surface area contributed by atoms with Crippen LogP contribution in [-0.2, 0) is 16.4 Å². The first kappa shape index (κ1) is 26.4. The number of aryl methyl sites for hydroxylation is 1. The average Bonchev–Trinajstić information content (AvgIpc) is 2.82. The van der Waals surface area contributed by atoms with Crippen molar-refractivity contribution in [3.8, 4) is 0 Å². The molecule has 0 unspecified atom stereocenters. The average molecular weight is 460 g/mol. The molecular weight excluding hydrogens is 416 g/mol. The summed E-state index contributed by atoms with van der Waals surface area (Å²) < 4.78 is 28.8. The van der Waals surface area contributed by atoms with Gasteiger partial charge in [0.05, 0.1) is 31.1 Å². The molecule has 0 aliphatic rings. The van der Waals surface area contributed by atoms with Crippen LogP contribution in [0.1, 0.15) is 71.3 Å². The molecule has 0 saturated heterocycles. The monoisotopic (exact) mass is 459 g/mol. The van der Waals surface area contributed by atoms with Crippen molar-refractivity contribution < 1.29 is 12.9 Å². The zero-order valence-corrected chi connectivity index (χ0v) is 21.2. The molecule has 0 bridgehead atoms. The van der Waals surface area contributed by atoms with Crippen LogP contribution < -0.4 is 4.72 Å². The highest BCUT2D eigenvalue weighted by atomic mass is 32.2. The summed E-state index contributed by atoms with van der Waals surface area (Å²) in [6.45, 7) is 12.0. The van der Waals surface area contributed by atoms with Crippen molar-refractivity contribution in [1.82, 2.24) is 0 Å². The Balaban J connectivity index is 1.79. The molecule has 178 valence electrons. The number of hydrogen-bond donors (Lipinski definition) is 1. The van der Waals surface area contributed by atoms with Crippen LogP contribution in [0.3, 0.4) is 0 Å². The van der Waals surface area contributed by atoms with E-state index in [1.807, 2.05) is 30.3 Å². The smallest absolute Gasteiger partial charge is 0.261 e. The Kier molecular flexibility index (Phi) is 11.3. The van der Waals surface area contributed by atoms with Gasteiger partial charge in [0, 0.05) is 5.69 Å². The lowest BCUT2D eigenvalue weighted by Crippen LogP contribution is -2.49. The van der Waals surface area contributed by atoms with Gasteiger partial charge in [0.2, 0.25) is 0 Å². The van der Waals surface area contributed by atoms with E-state index in [9.17, 15) is 8.42 Å². The SMILES string of the molecule is CCCCCCC[N+](CC)(CC)CCCCc1ccc(NS(=O)(=O)c2ccccc2)cc1. The van der Waals surface area contributed by atoms with Gasteiger partial charge in [-0.1, -0.05) is 56.5 Å². The number of nitrogens with zero attached hydrogens (tertiary/aromatic N) is 1. The van der Waals surface area contributed by atoms with E-state index in [4.69, 9.17) is 0 Å². The van der Waals surface area contributed by atoms with Gasteiger partial charge in [0.15, 0.2) is 0 Å². The molecule has 0 aromatic heterocycles. The number of hydrogen-bond acceptors (Lipinski definition) is 2. The second-order valence-electron chi connectivity index (χ2n) is 8.91. The van der Waals surface area contributed by atoms with Crippen LogP contribution >= 0.6 is 0 Å². The Morgan fingerprint density at radius 1 is 0.719 bits per heavy atom. The zero-order chi connectivity index (χ0) is 23.3. The first-order valence-corrected chi connectivity index (χ1v) is 13.9. The third-order valence-electron chi connectivity index (χ3n) is 6.69. The molecule has 1 N–H and O–H groups in total. The number of anilines is 1. The zero-order valence-electron chi connectivity index (χ0n) is 20.4. The van der Waals surface area contributed by atoms with Crippen LogP contribution in [0.25, 0.3) is 0 Å². The van der Waals surface area contributed by atoms with E-state index in [0.717, 1.165) is 6.42 Å². The minimum Gasteiger partial charge on any atom is -0.324 e. The largest absolute Gasteiger partial charge is 0.324 e. The molecule has 0 amide bonds. The molecule has 0 aliphatic heterocycles. The number of unbranched alkanes of at least 4 members (excludes halogenated alkanes) is 5. The Labute approximate surface area is 196 Å². The molecule has 0 saturated carbocycles. The number of sulfonamides is 1. The van der Waals surface area contributed by atoms with Crippen LogP contribution in [0.15, 0.2) is 59.5 Å². The summed E-state index contributed by atoms with van der Waals surface area (Å²) in [6, 6.07) is 16.3. The van der Waals surface area contributed by atoms with Crippen molar-refractivity contribution >= 4 is 15.7 Å². The summed E-state index contributed by atoms with van der Waals surface area (Å²) >= 11 is 0. The molecule has 0 radical (unpaired) electrons. The molecule has 2 rings (SSSR count). The molecule has 5 heteroatoms. The van der Waals surface area contributed by atoms with E-state index in [1.54, 1.807) is 24.3 Å². The number of nitrogens with one attached hydrogen (secondary N) is 1. The van der Waals surface area contributed by atoms with Crippen molar-refractivity contribution in [2.75, 3.05) is 30.9 Å². The summed E-state index contributed by atoms with van der Waals surface area (Å²) in [4.78, 5) is 0.280. The Bertz CT molecular complexity index is 860. The van der Waals surface area contributed by atoms with E-state index < -0.39 is 10.0 Å². The predicted octanol–water partition coefficient (Wildman–Crippen LogP) is 6.64. The molecule has 2 aromatic rings. The van der Waals surface area contributed by atoms with Gasteiger partial charge in [0.1, 0.15) is 0 Å². The maximum absolute atomic E-state index is 12.5. The molecule has 4 nitrogen and oxygen atoms in total. The van der Waals surface area contributed by atoms with Gasteiger partial charge in [-0.25, -0.2) is 8.42 Å². The van der Waals surface area contributed by atoms with Crippen LogP contribution in [0.5, 0.6) is 0 Å². The fraction of sp³-hybridized carbons (Fsp3) is 0.556. The number of rotatable bonds is 16. The highest BCUT2D eigenvalue weighted by Gasteiger charge is 2.21. The van der Waals surface area contributed by atoms with E-state index in [1.165, 1.54) is 81.2 Å². The van der Waals surface area contributed by atoms with Crippen LogP contribution in [-0.4, -0.2) is 39.1 Å². The fourth-order valence-corrected chi connectivity index (χ4v) is 5.43. The minimum atomic E-state index is -3.53. The third kappa shape index (κ3) is 8.59. The topological polar surface area (TPSA) is 46.2 Å². The Morgan fingerprint density at radius 2 is 1.31 bits per heavy atom. The lowest BCUT2D eigenvalue weighted by atomic mass is 10.1. The van der Waals surface area contributed by atoms with Gasteiger partial charge in [0.25, 0.3) is 10.0 Å². The standard InChI is InChI=1S/C27H43N2O2S/c1-4-7-8-9-14-23-29(5-2,6-3)24-15-13-16-25-19-21-26(22-20-25)28-32(30,31)27-17-11-10-12-18-27/h10-12,17-22,28H,4-9,13-16,23-24H2,1-3H3/q+1. The third-order valence-corrected chi connectivity index (χ3v) is 8.08. The van der Waals surface area contributed by atoms with Crippen LogP contribution in [0.2, 0.25) is 0 Å². The highest BCUT2D eigenvalue weighted by Crippen LogP contribution is 2.18. The summed E-state index contributed by atoms with van der Waals surface area (Å²) in [6.07, 6.45) is 10.2. The quantitative estimate of drug-likeness (QED) is 0.226. The first-order chi connectivity index (χ1) is 15.4. The molecule has 0 fully saturated rings. The molecular formula is C27H43N2O2S+. The van der Waals surface area contributed by atoms with Crippen LogP contribution in [0.4, 0.5) is 5.69 Å². The highest BCUT2D eigenvalue weighted by molar-refractivity contribution is 7.92. The number of benzene rings is 2.